The first kappa shape index (κ1) is 16.6. The fourth-order valence-electron chi connectivity index (χ4n) is 2.69. The Kier molecular flexibility index (Phi) is 5.28. The van der Waals surface area contributed by atoms with Crippen LogP contribution in [0.25, 0.3) is 11.1 Å². The van der Waals surface area contributed by atoms with Gasteiger partial charge >= 0.3 is 6.18 Å². The van der Waals surface area contributed by atoms with Gasteiger partial charge in [0.25, 0.3) is 0 Å². The van der Waals surface area contributed by atoms with E-state index in [0.29, 0.717) is 5.92 Å². The highest BCUT2D eigenvalue weighted by Gasteiger charge is 2.30. The van der Waals surface area contributed by atoms with E-state index in [4.69, 9.17) is 0 Å². The molecule has 0 fully saturated rings. The van der Waals surface area contributed by atoms with E-state index < -0.39 is 11.7 Å². The van der Waals surface area contributed by atoms with Crippen molar-refractivity contribution in [2.24, 2.45) is 0 Å². The minimum Gasteiger partial charge on any atom is -0.166 e. The average molecular weight is 306 g/mol. The maximum atomic E-state index is 12.7. The predicted octanol–water partition coefficient (Wildman–Crippen LogP) is 6.67. The lowest BCUT2D eigenvalue weighted by Crippen LogP contribution is -2.04. The number of alkyl halides is 3. The average Bonchev–Trinajstić information content (AvgIpc) is 2.52. The Morgan fingerprint density at radius 3 is 2.18 bits per heavy atom. The topological polar surface area (TPSA) is 0 Å². The van der Waals surface area contributed by atoms with Crippen molar-refractivity contribution in [2.75, 3.05) is 0 Å². The third-order valence-corrected chi connectivity index (χ3v) is 4.01. The highest BCUT2D eigenvalue weighted by Crippen LogP contribution is 2.34. The van der Waals surface area contributed by atoms with Crippen LogP contribution in [0.4, 0.5) is 13.2 Å². The molecule has 0 saturated heterocycles. The van der Waals surface area contributed by atoms with Gasteiger partial charge in [-0.1, -0.05) is 63.1 Å². The summed E-state index contributed by atoms with van der Waals surface area (Å²) in [5.74, 6) is 0.401. The summed E-state index contributed by atoms with van der Waals surface area (Å²) in [6, 6.07) is 13.4. The van der Waals surface area contributed by atoms with Crippen LogP contribution in [0, 0.1) is 0 Å². The molecule has 0 heterocycles. The van der Waals surface area contributed by atoms with Crippen LogP contribution in [0.3, 0.4) is 0 Å². The van der Waals surface area contributed by atoms with Crippen molar-refractivity contribution in [3.63, 3.8) is 0 Å². The van der Waals surface area contributed by atoms with Crippen LogP contribution in [-0.2, 0) is 6.18 Å². The normalized spacial score (nSPS) is 13.1. The second-order valence-corrected chi connectivity index (χ2v) is 5.71. The molecule has 0 nitrogen and oxygen atoms in total. The molecule has 0 aliphatic rings. The van der Waals surface area contributed by atoms with Crippen molar-refractivity contribution in [1.29, 1.82) is 0 Å². The Morgan fingerprint density at radius 2 is 1.59 bits per heavy atom. The Labute approximate surface area is 130 Å². The SMILES string of the molecule is CCCCC(C)c1ccccc1-c1ccc(C(F)(F)F)cc1. The van der Waals surface area contributed by atoms with E-state index >= 15 is 0 Å². The quantitative estimate of drug-likeness (QED) is 0.579. The van der Waals surface area contributed by atoms with Gasteiger partial charge in [0.1, 0.15) is 0 Å². The fourth-order valence-corrected chi connectivity index (χ4v) is 2.69. The lowest BCUT2D eigenvalue weighted by molar-refractivity contribution is -0.137. The summed E-state index contributed by atoms with van der Waals surface area (Å²) in [6.07, 6.45) is -0.893. The number of unbranched alkanes of at least 4 members (excludes halogenated alkanes) is 1. The smallest absolute Gasteiger partial charge is 0.166 e. The first-order chi connectivity index (χ1) is 10.4. The zero-order valence-electron chi connectivity index (χ0n) is 13.0. The van der Waals surface area contributed by atoms with Crippen LogP contribution in [0.2, 0.25) is 0 Å². The molecule has 2 aromatic rings. The molecule has 0 aliphatic carbocycles. The van der Waals surface area contributed by atoms with Crippen LogP contribution in [0.5, 0.6) is 0 Å². The lowest BCUT2D eigenvalue weighted by atomic mass is 9.88. The zero-order chi connectivity index (χ0) is 16.2. The van der Waals surface area contributed by atoms with E-state index in [1.807, 2.05) is 18.2 Å². The maximum absolute atomic E-state index is 12.7. The zero-order valence-corrected chi connectivity index (χ0v) is 13.0. The van der Waals surface area contributed by atoms with E-state index in [1.165, 1.54) is 5.56 Å². The summed E-state index contributed by atoms with van der Waals surface area (Å²) in [5.41, 5.74) is 2.47. The second kappa shape index (κ2) is 6.99. The van der Waals surface area contributed by atoms with Gasteiger partial charge in [-0.25, -0.2) is 0 Å². The van der Waals surface area contributed by atoms with Gasteiger partial charge in [0.05, 0.1) is 5.56 Å². The number of hydrogen-bond donors (Lipinski definition) is 0. The number of hydrogen-bond acceptors (Lipinski definition) is 0. The molecule has 0 bridgehead atoms. The van der Waals surface area contributed by atoms with Crippen molar-refractivity contribution in [1.82, 2.24) is 0 Å². The highest BCUT2D eigenvalue weighted by molar-refractivity contribution is 5.68. The fraction of sp³-hybridized carbons (Fsp3) is 0.368. The molecule has 22 heavy (non-hydrogen) atoms. The van der Waals surface area contributed by atoms with Gasteiger partial charge in [0.2, 0.25) is 0 Å². The summed E-state index contributed by atoms with van der Waals surface area (Å²) in [7, 11) is 0. The molecule has 0 amide bonds. The Balaban J connectivity index is 2.33. The van der Waals surface area contributed by atoms with E-state index in [2.05, 4.69) is 19.9 Å². The largest absolute Gasteiger partial charge is 0.416 e. The molecule has 2 rings (SSSR count). The van der Waals surface area contributed by atoms with Gasteiger partial charge in [-0.3, -0.25) is 0 Å². The van der Waals surface area contributed by atoms with Crippen molar-refractivity contribution in [2.45, 2.75) is 45.2 Å². The van der Waals surface area contributed by atoms with Crippen LogP contribution in [0.15, 0.2) is 48.5 Å². The molecule has 0 radical (unpaired) electrons. The van der Waals surface area contributed by atoms with Crippen LogP contribution in [-0.4, -0.2) is 0 Å². The molecule has 0 aliphatic heterocycles. The molecular weight excluding hydrogens is 285 g/mol. The molecule has 3 heteroatoms. The number of rotatable bonds is 5. The molecule has 1 atom stereocenters. The molecule has 0 spiro atoms. The number of halogens is 3. The van der Waals surface area contributed by atoms with E-state index in [1.54, 1.807) is 12.1 Å². The second-order valence-electron chi connectivity index (χ2n) is 5.71. The Morgan fingerprint density at radius 1 is 0.955 bits per heavy atom. The highest BCUT2D eigenvalue weighted by atomic mass is 19.4. The van der Waals surface area contributed by atoms with E-state index in [0.717, 1.165) is 42.5 Å². The van der Waals surface area contributed by atoms with Crippen molar-refractivity contribution < 1.29 is 13.2 Å². The summed E-state index contributed by atoms with van der Waals surface area (Å²) >= 11 is 0. The van der Waals surface area contributed by atoms with Crippen molar-refractivity contribution >= 4 is 0 Å². The van der Waals surface area contributed by atoms with Gasteiger partial charge in [-0.2, -0.15) is 13.2 Å². The van der Waals surface area contributed by atoms with Gasteiger partial charge in [0.15, 0.2) is 0 Å². The third-order valence-electron chi connectivity index (χ3n) is 4.01. The van der Waals surface area contributed by atoms with E-state index in [9.17, 15) is 13.2 Å². The van der Waals surface area contributed by atoms with Crippen LogP contribution >= 0.6 is 0 Å². The molecule has 0 saturated carbocycles. The lowest BCUT2D eigenvalue weighted by Gasteiger charge is -2.17. The molecule has 1 unspecified atom stereocenters. The summed E-state index contributed by atoms with van der Waals surface area (Å²) < 4.78 is 38.0. The van der Waals surface area contributed by atoms with Crippen LogP contribution in [0.1, 0.15) is 50.2 Å². The Hall–Kier alpha value is -1.77. The summed E-state index contributed by atoms with van der Waals surface area (Å²) in [6.45, 7) is 4.34. The molecule has 0 N–H and O–H groups in total. The van der Waals surface area contributed by atoms with Gasteiger partial charge in [-0.05, 0) is 41.2 Å². The van der Waals surface area contributed by atoms with Crippen molar-refractivity contribution in [3.8, 4) is 11.1 Å². The maximum Gasteiger partial charge on any atom is 0.416 e. The Bertz CT molecular complexity index is 597. The standard InChI is InChI=1S/C19H21F3/c1-3-4-7-14(2)17-8-5-6-9-18(17)15-10-12-16(13-11-15)19(20,21)22/h5-6,8-14H,3-4,7H2,1-2H3. The minimum atomic E-state index is -4.29. The van der Waals surface area contributed by atoms with Gasteiger partial charge < -0.3 is 0 Å². The first-order valence-corrected chi connectivity index (χ1v) is 7.70. The molecule has 0 aromatic heterocycles. The summed E-state index contributed by atoms with van der Waals surface area (Å²) in [4.78, 5) is 0. The van der Waals surface area contributed by atoms with Crippen molar-refractivity contribution in [3.05, 3.63) is 59.7 Å². The molecule has 118 valence electrons. The van der Waals surface area contributed by atoms with Crippen LogP contribution < -0.4 is 0 Å². The van der Waals surface area contributed by atoms with Gasteiger partial charge in [0, 0.05) is 0 Å². The summed E-state index contributed by atoms with van der Waals surface area (Å²) in [5, 5.41) is 0. The molecular formula is C19H21F3. The predicted molar refractivity (Wildman–Crippen MR) is 84.8 cm³/mol. The third kappa shape index (κ3) is 3.90. The van der Waals surface area contributed by atoms with Gasteiger partial charge in [-0.15, -0.1) is 0 Å². The minimum absolute atomic E-state index is 0.401. The monoisotopic (exact) mass is 306 g/mol. The first-order valence-electron chi connectivity index (χ1n) is 7.70. The number of benzene rings is 2. The van der Waals surface area contributed by atoms with E-state index in [-0.39, 0.29) is 0 Å². The molecule has 2 aromatic carbocycles.